The maximum absolute atomic E-state index is 5.63. The van der Waals surface area contributed by atoms with Crippen molar-refractivity contribution in [3.63, 3.8) is 0 Å². The third kappa shape index (κ3) is 3.30. The maximum Gasteiger partial charge on any atom is 0.209 e. The highest BCUT2D eigenvalue weighted by atomic mass is 32.2. The molecule has 0 aliphatic carbocycles. The second-order valence-electron chi connectivity index (χ2n) is 5.23. The lowest BCUT2D eigenvalue weighted by atomic mass is 10.2. The number of hydrogen-bond donors (Lipinski definition) is 0. The third-order valence-corrected chi connectivity index (χ3v) is 4.56. The van der Waals surface area contributed by atoms with Gasteiger partial charge in [0, 0.05) is 18.4 Å². The van der Waals surface area contributed by atoms with Gasteiger partial charge in [0.2, 0.25) is 10.9 Å². The summed E-state index contributed by atoms with van der Waals surface area (Å²) >= 11 is 1.52. The first kappa shape index (κ1) is 14.5. The third-order valence-electron chi connectivity index (χ3n) is 3.57. The van der Waals surface area contributed by atoms with Crippen LogP contribution in [0.5, 0.6) is 0 Å². The van der Waals surface area contributed by atoms with Gasteiger partial charge < -0.3 is 13.7 Å². The summed E-state index contributed by atoms with van der Waals surface area (Å²) in [6, 6.07) is 5.51. The Morgan fingerprint density at radius 1 is 1.35 bits per heavy atom. The number of thioether (sulfide) groups is 1. The molecule has 0 spiro atoms. The van der Waals surface area contributed by atoms with E-state index in [-0.39, 0.29) is 6.10 Å². The standard InChI is InChI=1S/C14H15N5O3S/c1-3-11(20-5-1)8-19-14(15-17-18-19)23-9-10-7-13(22-16-10)12-4-2-6-21-12/h2,4,6-7,11H,1,3,5,8-9H2/t11-/m1/s1. The fraction of sp³-hybridized carbons (Fsp3) is 0.429. The summed E-state index contributed by atoms with van der Waals surface area (Å²) in [7, 11) is 0. The fourth-order valence-electron chi connectivity index (χ4n) is 2.45. The summed E-state index contributed by atoms with van der Waals surface area (Å²) in [4.78, 5) is 0. The van der Waals surface area contributed by atoms with E-state index < -0.39 is 0 Å². The molecule has 1 aliphatic rings. The summed E-state index contributed by atoms with van der Waals surface area (Å²) in [5, 5.41) is 16.6. The van der Waals surface area contributed by atoms with Crippen molar-refractivity contribution in [2.75, 3.05) is 6.61 Å². The number of nitrogens with zero attached hydrogens (tertiary/aromatic N) is 5. The van der Waals surface area contributed by atoms with Crippen LogP contribution in [0.15, 0.2) is 38.6 Å². The van der Waals surface area contributed by atoms with Crippen LogP contribution in [0.4, 0.5) is 0 Å². The van der Waals surface area contributed by atoms with Crippen LogP contribution in [-0.2, 0) is 17.0 Å². The minimum absolute atomic E-state index is 0.204. The lowest BCUT2D eigenvalue weighted by Gasteiger charge is -2.09. The monoisotopic (exact) mass is 333 g/mol. The van der Waals surface area contributed by atoms with Crippen molar-refractivity contribution < 1.29 is 13.7 Å². The average Bonchev–Trinajstić information content (AvgIpc) is 3.34. The van der Waals surface area contributed by atoms with Crippen LogP contribution in [0.1, 0.15) is 18.5 Å². The highest BCUT2D eigenvalue weighted by Gasteiger charge is 2.19. The van der Waals surface area contributed by atoms with Gasteiger partial charge in [-0.3, -0.25) is 0 Å². The van der Waals surface area contributed by atoms with E-state index in [1.807, 2.05) is 18.2 Å². The molecule has 1 fully saturated rings. The van der Waals surface area contributed by atoms with E-state index in [1.54, 1.807) is 10.9 Å². The topological polar surface area (TPSA) is 92.0 Å². The summed E-state index contributed by atoms with van der Waals surface area (Å²) < 4.78 is 18.0. The Morgan fingerprint density at radius 2 is 2.35 bits per heavy atom. The zero-order chi connectivity index (χ0) is 15.5. The van der Waals surface area contributed by atoms with E-state index in [1.165, 1.54) is 11.8 Å². The molecule has 0 N–H and O–H groups in total. The largest absolute Gasteiger partial charge is 0.461 e. The van der Waals surface area contributed by atoms with Crippen LogP contribution in [-0.4, -0.2) is 38.1 Å². The van der Waals surface area contributed by atoms with E-state index in [0.29, 0.717) is 23.8 Å². The van der Waals surface area contributed by atoms with E-state index in [4.69, 9.17) is 13.7 Å². The van der Waals surface area contributed by atoms with Crippen molar-refractivity contribution in [1.29, 1.82) is 0 Å². The van der Waals surface area contributed by atoms with Gasteiger partial charge in [-0.25, -0.2) is 4.68 Å². The molecule has 120 valence electrons. The van der Waals surface area contributed by atoms with Gasteiger partial charge in [0.15, 0.2) is 5.76 Å². The van der Waals surface area contributed by atoms with Crippen LogP contribution in [0.2, 0.25) is 0 Å². The highest BCUT2D eigenvalue weighted by Crippen LogP contribution is 2.25. The van der Waals surface area contributed by atoms with Crippen LogP contribution in [0.25, 0.3) is 11.5 Å². The smallest absolute Gasteiger partial charge is 0.209 e. The average molecular weight is 333 g/mol. The Labute approximate surface area is 136 Å². The van der Waals surface area contributed by atoms with Gasteiger partial charge >= 0.3 is 0 Å². The Morgan fingerprint density at radius 3 is 3.17 bits per heavy atom. The van der Waals surface area contributed by atoms with Gasteiger partial charge in [-0.15, -0.1) is 5.10 Å². The van der Waals surface area contributed by atoms with Crippen LogP contribution in [0, 0.1) is 0 Å². The van der Waals surface area contributed by atoms with Gasteiger partial charge in [0.25, 0.3) is 0 Å². The molecule has 1 saturated heterocycles. The molecular weight excluding hydrogens is 318 g/mol. The van der Waals surface area contributed by atoms with Crippen molar-refractivity contribution in [3.8, 4) is 11.5 Å². The van der Waals surface area contributed by atoms with Crippen LogP contribution >= 0.6 is 11.8 Å². The predicted molar refractivity (Wildman–Crippen MR) is 80.6 cm³/mol. The van der Waals surface area contributed by atoms with Crippen molar-refractivity contribution in [1.82, 2.24) is 25.4 Å². The molecule has 0 radical (unpaired) electrons. The molecule has 3 aromatic rings. The molecule has 23 heavy (non-hydrogen) atoms. The lowest BCUT2D eigenvalue weighted by molar-refractivity contribution is 0.0912. The fourth-order valence-corrected chi connectivity index (χ4v) is 3.22. The van der Waals surface area contributed by atoms with E-state index in [2.05, 4.69) is 20.7 Å². The lowest BCUT2D eigenvalue weighted by Crippen LogP contribution is -2.16. The van der Waals surface area contributed by atoms with Crippen molar-refractivity contribution in [3.05, 3.63) is 30.2 Å². The first-order valence-electron chi connectivity index (χ1n) is 7.38. The Balaban J connectivity index is 1.38. The van der Waals surface area contributed by atoms with Crippen molar-refractivity contribution in [2.24, 2.45) is 0 Å². The molecule has 1 atom stereocenters. The van der Waals surface area contributed by atoms with Crippen LogP contribution < -0.4 is 0 Å². The molecule has 0 unspecified atom stereocenters. The molecular formula is C14H15N5O3S. The van der Waals surface area contributed by atoms with E-state index >= 15 is 0 Å². The van der Waals surface area contributed by atoms with Gasteiger partial charge in [-0.2, -0.15) is 0 Å². The van der Waals surface area contributed by atoms with Crippen molar-refractivity contribution >= 4 is 11.8 Å². The molecule has 9 heteroatoms. The predicted octanol–water partition coefficient (Wildman–Crippen LogP) is 2.39. The van der Waals surface area contributed by atoms with E-state index in [9.17, 15) is 0 Å². The molecule has 3 aromatic heterocycles. The number of aromatic nitrogens is 5. The SMILES string of the molecule is c1coc(-c2cc(CSc3nnnn3C[C@H]3CCCO3)no2)c1. The van der Waals surface area contributed by atoms with Gasteiger partial charge in [0.1, 0.15) is 0 Å². The molecule has 4 rings (SSSR count). The minimum atomic E-state index is 0.204. The molecule has 0 saturated carbocycles. The number of ether oxygens (including phenoxy) is 1. The quantitative estimate of drug-likeness (QED) is 0.635. The Hall–Kier alpha value is -2.13. The first-order chi connectivity index (χ1) is 11.4. The second kappa shape index (κ2) is 6.55. The molecule has 4 heterocycles. The first-order valence-corrected chi connectivity index (χ1v) is 8.37. The number of hydrogen-bond acceptors (Lipinski definition) is 8. The van der Waals surface area contributed by atoms with Gasteiger partial charge in [0.05, 0.1) is 24.6 Å². The maximum atomic E-state index is 5.63. The molecule has 1 aliphatic heterocycles. The van der Waals surface area contributed by atoms with Crippen molar-refractivity contribution in [2.45, 2.75) is 36.4 Å². The molecule has 0 bridgehead atoms. The normalized spacial score (nSPS) is 17.8. The highest BCUT2D eigenvalue weighted by molar-refractivity contribution is 7.98. The number of tetrazole rings is 1. The van der Waals surface area contributed by atoms with Gasteiger partial charge in [-0.1, -0.05) is 16.9 Å². The zero-order valence-electron chi connectivity index (χ0n) is 12.3. The second-order valence-corrected chi connectivity index (χ2v) is 6.17. The number of furan rings is 1. The van der Waals surface area contributed by atoms with Gasteiger partial charge in [-0.05, 0) is 35.4 Å². The summed E-state index contributed by atoms with van der Waals surface area (Å²) in [6.07, 6.45) is 3.96. The Bertz CT molecular complexity index is 748. The minimum Gasteiger partial charge on any atom is -0.461 e. The molecule has 0 aromatic carbocycles. The molecule has 0 amide bonds. The number of rotatable bonds is 6. The van der Waals surface area contributed by atoms with Crippen LogP contribution in [0.3, 0.4) is 0 Å². The Kier molecular flexibility index (Phi) is 4.12. The summed E-state index contributed by atoms with van der Waals surface area (Å²) in [5.74, 6) is 1.90. The van der Waals surface area contributed by atoms with E-state index in [0.717, 1.165) is 30.3 Å². The summed E-state index contributed by atoms with van der Waals surface area (Å²) in [6.45, 7) is 1.51. The zero-order valence-corrected chi connectivity index (χ0v) is 13.1. The molecule has 8 nitrogen and oxygen atoms in total. The summed E-state index contributed by atoms with van der Waals surface area (Å²) in [5.41, 5.74) is 0.813.